The van der Waals surface area contributed by atoms with Gasteiger partial charge in [-0.05, 0) is 30.3 Å². The molecule has 118 valence electrons. The van der Waals surface area contributed by atoms with Gasteiger partial charge >= 0.3 is 0 Å². The zero-order valence-electron chi connectivity index (χ0n) is 12.2. The van der Waals surface area contributed by atoms with Gasteiger partial charge in [0, 0.05) is 18.2 Å². The molecule has 2 rings (SSSR count). The predicted octanol–water partition coefficient (Wildman–Crippen LogP) is 3.51. The number of hydrogen-bond acceptors (Lipinski definition) is 3. The summed E-state index contributed by atoms with van der Waals surface area (Å²) in [5.41, 5.74) is -0.279. The van der Waals surface area contributed by atoms with Crippen molar-refractivity contribution in [3.05, 3.63) is 65.6 Å². The van der Waals surface area contributed by atoms with Crippen LogP contribution in [0.5, 0.6) is 0 Å². The Hall–Kier alpha value is -2.94. The SMILES string of the molecule is N#CCCN(Cc1ccco1)C(=O)C=Cc1c(F)cccc1F. The van der Waals surface area contributed by atoms with E-state index in [2.05, 4.69) is 0 Å². The van der Waals surface area contributed by atoms with E-state index in [1.165, 1.54) is 17.2 Å². The third-order valence-corrected chi connectivity index (χ3v) is 3.12. The van der Waals surface area contributed by atoms with Crippen molar-refractivity contribution in [1.82, 2.24) is 4.90 Å². The summed E-state index contributed by atoms with van der Waals surface area (Å²) < 4.78 is 32.2. The number of halogens is 2. The lowest BCUT2D eigenvalue weighted by Gasteiger charge is -2.18. The summed E-state index contributed by atoms with van der Waals surface area (Å²) in [7, 11) is 0. The van der Waals surface area contributed by atoms with Crippen molar-refractivity contribution in [2.45, 2.75) is 13.0 Å². The molecule has 2 aromatic rings. The van der Waals surface area contributed by atoms with Crippen LogP contribution in [-0.2, 0) is 11.3 Å². The maximum atomic E-state index is 13.5. The summed E-state index contributed by atoms with van der Waals surface area (Å²) in [6, 6.07) is 8.82. The summed E-state index contributed by atoms with van der Waals surface area (Å²) in [5.74, 6) is -1.40. The van der Waals surface area contributed by atoms with E-state index in [9.17, 15) is 13.6 Å². The minimum atomic E-state index is -0.747. The van der Waals surface area contributed by atoms with Gasteiger partial charge in [0.05, 0.1) is 25.3 Å². The van der Waals surface area contributed by atoms with Crippen LogP contribution >= 0.6 is 0 Å². The number of hydrogen-bond donors (Lipinski definition) is 0. The Morgan fingerprint density at radius 1 is 1.26 bits per heavy atom. The third-order valence-electron chi connectivity index (χ3n) is 3.12. The quantitative estimate of drug-likeness (QED) is 0.766. The second kappa shape index (κ2) is 7.90. The topological polar surface area (TPSA) is 57.2 Å². The van der Waals surface area contributed by atoms with Crippen LogP contribution in [0.2, 0.25) is 0 Å². The highest BCUT2D eigenvalue weighted by molar-refractivity contribution is 5.91. The lowest BCUT2D eigenvalue weighted by atomic mass is 10.2. The molecule has 0 bridgehead atoms. The molecule has 0 aliphatic heterocycles. The first-order valence-electron chi connectivity index (χ1n) is 6.92. The highest BCUT2D eigenvalue weighted by Gasteiger charge is 2.13. The average Bonchev–Trinajstić information content (AvgIpc) is 3.03. The molecule has 1 heterocycles. The number of carbonyl (C=O) groups is 1. The van der Waals surface area contributed by atoms with Gasteiger partial charge in [-0.25, -0.2) is 8.78 Å². The number of amides is 1. The number of nitrogens with zero attached hydrogens (tertiary/aromatic N) is 2. The first-order chi connectivity index (χ1) is 11.1. The van der Waals surface area contributed by atoms with Gasteiger partial charge in [-0.3, -0.25) is 4.79 Å². The lowest BCUT2D eigenvalue weighted by molar-refractivity contribution is -0.126. The van der Waals surface area contributed by atoms with Crippen molar-refractivity contribution in [3.8, 4) is 6.07 Å². The fraction of sp³-hybridized carbons (Fsp3) is 0.176. The minimum Gasteiger partial charge on any atom is -0.467 e. The molecule has 0 spiro atoms. The number of furan rings is 1. The highest BCUT2D eigenvalue weighted by Crippen LogP contribution is 2.14. The fourth-order valence-electron chi connectivity index (χ4n) is 1.97. The van der Waals surface area contributed by atoms with Crippen molar-refractivity contribution in [3.63, 3.8) is 0 Å². The van der Waals surface area contributed by atoms with Gasteiger partial charge < -0.3 is 9.32 Å². The van der Waals surface area contributed by atoms with Crippen LogP contribution in [0.3, 0.4) is 0 Å². The summed E-state index contributed by atoms with van der Waals surface area (Å²) in [4.78, 5) is 13.6. The normalized spacial score (nSPS) is 10.7. The molecule has 1 aromatic carbocycles. The maximum Gasteiger partial charge on any atom is 0.247 e. The molecular weight excluding hydrogens is 302 g/mol. The number of benzene rings is 1. The summed E-state index contributed by atoms with van der Waals surface area (Å²) in [6.45, 7) is 0.373. The van der Waals surface area contributed by atoms with Gasteiger partial charge in [-0.1, -0.05) is 6.07 Å². The van der Waals surface area contributed by atoms with Gasteiger partial charge in [0.15, 0.2) is 0 Å². The fourth-order valence-corrected chi connectivity index (χ4v) is 1.97. The van der Waals surface area contributed by atoms with E-state index in [4.69, 9.17) is 9.68 Å². The van der Waals surface area contributed by atoms with E-state index in [1.807, 2.05) is 6.07 Å². The van der Waals surface area contributed by atoms with Crippen molar-refractivity contribution >= 4 is 12.0 Å². The molecule has 0 atom stereocenters. The second-order valence-corrected chi connectivity index (χ2v) is 4.72. The first-order valence-corrected chi connectivity index (χ1v) is 6.92. The van der Waals surface area contributed by atoms with Crippen LogP contribution in [0.1, 0.15) is 17.7 Å². The van der Waals surface area contributed by atoms with Crippen molar-refractivity contribution in [2.75, 3.05) is 6.54 Å². The van der Waals surface area contributed by atoms with Crippen LogP contribution in [0.25, 0.3) is 6.08 Å². The molecule has 1 amide bonds. The van der Waals surface area contributed by atoms with E-state index < -0.39 is 17.5 Å². The molecule has 0 aliphatic carbocycles. The van der Waals surface area contributed by atoms with Crippen LogP contribution in [0, 0.1) is 23.0 Å². The van der Waals surface area contributed by atoms with Gasteiger partial charge in [-0.2, -0.15) is 5.26 Å². The van der Waals surface area contributed by atoms with E-state index >= 15 is 0 Å². The summed E-state index contributed by atoms with van der Waals surface area (Å²) in [5, 5.41) is 8.68. The van der Waals surface area contributed by atoms with E-state index in [0.717, 1.165) is 24.3 Å². The zero-order valence-corrected chi connectivity index (χ0v) is 12.2. The molecular formula is C17H14F2N2O2. The Morgan fingerprint density at radius 2 is 2.00 bits per heavy atom. The molecule has 4 nitrogen and oxygen atoms in total. The Labute approximate surface area is 132 Å². The molecule has 1 aromatic heterocycles. The Morgan fingerprint density at radius 3 is 2.61 bits per heavy atom. The molecule has 23 heavy (non-hydrogen) atoms. The van der Waals surface area contributed by atoms with Gasteiger partial charge in [0.1, 0.15) is 17.4 Å². The van der Waals surface area contributed by atoms with Crippen LogP contribution in [-0.4, -0.2) is 17.4 Å². The van der Waals surface area contributed by atoms with Crippen LogP contribution in [0.4, 0.5) is 8.78 Å². The molecule has 0 saturated carbocycles. The molecule has 0 fully saturated rings. The number of rotatable bonds is 6. The largest absolute Gasteiger partial charge is 0.467 e. The smallest absolute Gasteiger partial charge is 0.247 e. The summed E-state index contributed by atoms with van der Waals surface area (Å²) >= 11 is 0. The molecule has 6 heteroatoms. The molecule has 0 N–H and O–H groups in total. The average molecular weight is 316 g/mol. The van der Waals surface area contributed by atoms with E-state index in [0.29, 0.717) is 5.76 Å². The van der Waals surface area contributed by atoms with Crippen molar-refractivity contribution in [2.24, 2.45) is 0 Å². The Balaban J connectivity index is 2.13. The Kier molecular flexibility index (Phi) is 5.64. The van der Waals surface area contributed by atoms with Gasteiger partial charge in [-0.15, -0.1) is 0 Å². The predicted molar refractivity (Wildman–Crippen MR) is 79.7 cm³/mol. The molecule has 0 radical (unpaired) electrons. The van der Waals surface area contributed by atoms with Gasteiger partial charge in [0.2, 0.25) is 5.91 Å². The van der Waals surface area contributed by atoms with Crippen molar-refractivity contribution < 1.29 is 18.0 Å². The van der Waals surface area contributed by atoms with Crippen molar-refractivity contribution in [1.29, 1.82) is 5.26 Å². The lowest BCUT2D eigenvalue weighted by Crippen LogP contribution is -2.29. The Bertz CT molecular complexity index is 713. The van der Waals surface area contributed by atoms with Crippen LogP contribution < -0.4 is 0 Å². The number of nitriles is 1. The van der Waals surface area contributed by atoms with Crippen LogP contribution in [0.15, 0.2) is 47.1 Å². The zero-order chi connectivity index (χ0) is 16.7. The maximum absolute atomic E-state index is 13.5. The highest BCUT2D eigenvalue weighted by atomic mass is 19.1. The molecule has 0 unspecified atom stereocenters. The molecule has 0 saturated heterocycles. The first kappa shape index (κ1) is 16.4. The van der Waals surface area contributed by atoms with Gasteiger partial charge in [0.25, 0.3) is 0 Å². The standard InChI is InChI=1S/C17H14F2N2O2/c18-15-5-1-6-16(19)14(15)7-8-17(22)21(10-3-9-20)12-13-4-2-11-23-13/h1-2,4-8,11H,3,10,12H2. The second-order valence-electron chi connectivity index (χ2n) is 4.72. The van der Waals surface area contributed by atoms with E-state index in [1.54, 1.807) is 12.1 Å². The van der Waals surface area contributed by atoms with E-state index in [-0.39, 0.29) is 25.1 Å². The summed E-state index contributed by atoms with van der Waals surface area (Å²) in [6.07, 6.45) is 3.80. The minimum absolute atomic E-state index is 0.147. The molecule has 0 aliphatic rings. The number of carbonyl (C=O) groups excluding carboxylic acids is 1. The third kappa shape index (κ3) is 4.51. The monoisotopic (exact) mass is 316 g/mol.